The van der Waals surface area contributed by atoms with Crippen LogP contribution in [0, 0.1) is 0 Å². The van der Waals surface area contributed by atoms with Crippen LogP contribution in [0.15, 0.2) is 12.1 Å². The third-order valence-corrected chi connectivity index (χ3v) is 3.54. The fraction of sp³-hybridized carbons (Fsp3) is 0.455. The van der Waals surface area contributed by atoms with Gasteiger partial charge >= 0.3 is 12.0 Å². The molecule has 2 amide bonds. The first kappa shape index (κ1) is 14.8. The van der Waals surface area contributed by atoms with Gasteiger partial charge < -0.3 is 15.3 Å². The number of thiophene rings is 1. The van der Waals surface area contributed by atoms with Crippen LogP contribution in [-0.4, -0.2) is 35.1 Å². The maximum absolute atomic E-state index is 11.8. The molecule has 0 saturated carbocycles. The molecule has 0 aliphatic heterocycles. The molecule has 1 aromatic heterocycles. The highest BCUT2D eigenvalue weighted by Gasteiger charge is 2.12. The monoisotopic (exact) mass is 290 g/mol. The number of halogens is 1. The Bertz CT molecular complexity index is 422. The van der Waals surface area contributed by atoms with E-state index in [2.05, 4.69) is 5.32 Å². The molecule has 0 aromatic carbocycles. The van der Waals surface area contributed by atoms with Gasteiger partial charge in [-0.15, -0.1) is 11.3 Å². The average Bonchev–Trinajstić information content (AvgIpc) is 2.73. The fourth-order valence-corrected chi connectivity index (χ4v) is 2.38. The second kappa shape index (κ2) is 7.23. The van der Waals surface area contributed by atoms with Crippen LogP contribution in [0.2, 0.25) is 4.34 Å². The van der Waals surface area contributed by atoms with Gasteiger partial charge in [0.1, 0.15) is 0 Å². The zero-order valence-electron chi connectivity index (χ0n) is 9.98. The third kappa shape index (κ3) is 4.93. The summed E-state index contributed by atoms with van der Waals surface area (Å²) in [6, 6.07) is 3.36. The Morgan fingerprint density at radius 2 is 2.22 bits per heavy atom. The predicted octanol–water partition coefficient (Wildman–Crippen LogP) is 2.41. The Kier molecular flexibility index (Phi) is 5.94. The van der Waals surface area contributed by atoms with Crippen LogP contribution < -0.4 is 5.32 Å². The molecule has 7 heteroatoms. The molecular weight excluding hydrogens is 276 g/mol. The van der Waals surface area contributed by atoms with Gasteiger partial charge in [-0.05, 0) is 19.1 Å². The number of rotatable bonds is 6. The van der Waals surface area contributed by atoms with E-state index >= 15 is 0 Å². The van der Waals surface area contributed by atoms with Crippen LogP contribution in [0.3, 0.4) is 0 Å². The first-order valence-electron chi connectivity index (χ1n) is 5.51. The smallest absolute Gasteiger partial charge is 0.317 e. The van der Waals surface area contributed by atoms with E-state index < -0.39 is 5.97 Å². The molecule has 1 heterocycles. The van der Waals surface area contributed by atoms with E-state index in [1.807, 2.05) is 13.0 Å². The molecule has 100 valence electrons. The zero-order chi connectivity index (χ0) is 13.5. The summed E-state index contributed by atoms with van der Waals surface area (Å²) in [5.41, 5.74) is 0. The van der Waals surface area contributed by atoms with Gasteiger partial charge in [-0.2, -0.15) is 0 Å². The number of nitrogens with one attached hydrogen (secondary N) is 1. The number of urea groups is 1. The van der Waals surface area contributed by atoms with Gasteiger partial charge in [0.15, 0.2) is 0 Å². The van der Waals surface area contributed by atoms with Crippen molar-refractivity contribution in [3.63, 3.8) is 0 Å². The molecule has 0 aliphatic rings. The molecule has 0 radical (unpaired) electrons. The van der Waals surface area contributed by atoms with Crippen molar-refractivity contribution in [1.29, 1.82) is 0 Å². The van der Waals surface area contributed by atoms with Crippen LogP contribution >= 0.6 is 22.9 Å². The summed E-state index contributed by atoms with van der Waals surface area (Å²) in [6.45, 7) is 2.90. The summed E-state index contributed by atoms with van der Waals surface area (Å²) >= 11 is 7.19. The molecule has 0 bridgehead atoms. The molecule has 2 N–H and O–H groups in total. The van der Waals surface area contributed by atoms with Gasteiger partial charge in [-0.1, -0.05) is 11.6 Å². The van der Waals surface area contributed by atoms with E-state index in [9.17, 15) is 9.59 Å². The van der Waals surface area contributed by atoms with Crippen molar-refractivity contribution >= 4 is 34.9 Å². The van der Waals surface area contributed by atoms with E-state index in [-0.39, 0.29) is 19.0 Å². The summed E-state index contributed by atoms with van der Waals surface area (Å²) in [5.74, 6) is -0.911. The molecule has 1 aromatic rings. The van der Waals surface area contributed by atoms with Gasteiger partial charge in [0.05, 0.1) is 17.3 Å². The SMILES string of the molecule is CCN(CCC(=O)O)C(=O)NCc1ccc(Cl)s1. The number of hydrogen-bond donors (Lipinski definition) is 2. The number of nitrogens with zero attached hydrogens (tertiary/aromatic N) is 1. The van der Waals surface area contributed by atoms with Crippen molar-refractivity contribution in [2.24, 2.45) is 0 Å². The lowest BCUT2D eigenvalue weighted by Gasteiger charge is -2.20. The Labute approximate surface area is 114 Å². The molecule has 0 saturated heterocycles. The van der Waals surface area contributed by atoms with Crippen LogP contribution in [0.1, 0.15) is 18.2 Å². The topological polar surface area (TPSA) is 69.6 Å². The third-order valence-electron chi connectivity index (χ3n) is 2.31. The zero-order valence-corrected chi connectivity index (χ0v) is 11.6. The van der Waals surface area contributed by atoms with Crippen molar-refractivity contribution in [3.05, 3.63) is 21.3 Å². The lowest BCUT2D eigenvalue weighted by atomic mass is 10.4. The van der Waals surface area contributed by atoms with E-state index in [1.54, 1.807) is 6.07 Å². The van der Waals surface area contributed by atoms with E-state index in [0.29, 0.717) is 17.4 Å². The van der Waals surface area contributed by atoms with Crippen LogP contribution in [0.25, 0.3) is 0 Å². The normalized spacial score (nSPS) is 10.1. The number of amides is 2. The standard InChI is InChI=1S/C11H15ClN2O3S/c1-2-14(6-5-10(15)16)11(17)13-7-8-3-4-9(12)18-8/h3-4H,2,5-7H2,1H3,(H,13,17)(H,15,16). The molecule has 0 unspecified atom stereocenters. The van der Waals surface area contributed by atoms with Crippen LogP contribution in [0.4, 0.5) is 4.79 Å². The lowest BCUT2D eigenvalue weighted by Crippen LogP contribution is -2.40. The number of hydrogen-bond acceptors (Lipinski definition) is 3. The summed E-state index contributed by atoms with van der Waals surface area (Å²) in [7, 11) is 0. The first-order valence-corrected chi connectivity index (χ1v) is 6.71. The molecule has 5 nitrogen and oxygen atoms in total. The van der Waals surface area contributed by atoms with Crippen molar-refractivity contribution in [1.82, 2.24) is 10.2 Å². The van der Waals surface area contributed by atoms with Gasteiger partial charge in [0, 0.05) is 18.0 Å². The highest BCUT2D eigenvalue weighted by Crippen LogP contribution is 2.20. The number of aliphatic carboxylic acids is 1. The Morgan fingerprint density at radius 1 is 1.50 bits per heavy atom. The molecule has 18 heavy (non-hydrogen) atoms. The average molecular weight is 291 g/mol. The Balaban J connectivity index is 2.39. The van der Waals surface area contributed by atoms with Crippen molar-refractivity contribution in [2.75, 3.05) is 13.1 Å². The molecule has 1 rings (SSSR count). The highest BCUT2D eigenvalue weighted by atomic mass is 35.5. The van der Waals surface area contributed by atoms with Gasteiger partial charge in [-0.3, -0.25) is 4.79 Å². The summed E-state index contributed by atoms with van der Waals surface area (Å²) in [5, 5.41) is 11.3. The molecule has 0 aliphatic carbocycles. The maximum atomic E-state index is 11.8. The number of carboxylic acid groups (broad SMARTS) is 1. The predicted molar refractivity (Wildman–Crippen MR) is 71.1 cm³/mol. The molecule has 0 fully saturated rings. The van der Waals surface area contributed by atoms with E-state index in [1.165, 1.54) is 16.2 Å². The summed E-state index contributed by atoms with van der Waals surface area (Å²) in [6.07, 6.45) is -0.0495. The van der Waals surface area contributed by atoms with Gasteiger partial charge in [-0.25, -0.2) is 4.79 Å². The largest absolute Gasteiger partial charge is 0.481 e. The maximum Gasteiger partial charge on any atom is 0.317 e. The van der Waals surface area contributed by atoms with Gasteiger partial charge in [0.2, 0.25) is 0 Å². The number of carbonyl (C=O) groups excluding carboxylic acids is 1. The number of carboxylic acids is 1. The first-order chi connectivity index (χ1) is 8.52. The minimum atomic E-state index is -0.911. The molecule has 0 atom stereocenters. The summed E-state index contributed by atoms with van der Waals surface area (Å²) < 4.78 is 0.678. The molecule has 0 spiro atoms. The van der Waals surface area contributed by atoms with Crippen molar-refractivity contribution in [3.8, 4) is 0 Å². The minimum Gasteiger partial charge on any atom is -0.481 e. The lowest BCUT2D eigenvalue weighted by molar-refractivity contribution is -0.137. The second-order valence-electron chi connectivity index (χ2n) is 3.59. The number of carbonyl (C=O) groups is 2. The van der Waals surface area contributed by atoms with Gasteiger partial charge in [0.25, 0.3) is 0 Å². The van der Waals surface area contributed by atoms with Crippen LogP contribution in [0.5, 0.6) is 0 Å². The van der Waals surface area contributed by atoms with E-state index in [0.717, 1.165) is 4.88 Å². The minimum absolute atomic E-state index is 0.0495. The molecular formula is C11H15ClN2O3S. The highest BCUT2D eigenvalue weighted by molar-refractivity contribution is 7.16. The fourth-order valence-electron chi connectivity index (χ4n) is 1.36. The summed E-state index contributed by atoms with van der Waals surface area (Å²) in [4.78, 5) is 24.6. The van der Waals surface area contributed by atoms with Crippen molar-refractivity contribution < 1.29 is 14.7 Å². The quantitative estimate of drug-likeness (QED) is 0.845. The van der Waals surface area contributed by atoms with E-state index in [4.69, 9.17) is 16.7 Å². The van der Waals surface area contributed by atoms with Crippen LogP contribution in [-0.2, 0) is 11.3 Å². The van der Waals surface area contributed by atoms with Crippen molar-refractivity contribution in [2.45, 2.75) is 19.9 Å². The second-order valence-corrected chi connectivity index (χ2v) is 5.39. The Hall–Kier alpha value is -1.27. The Morgan fingerprint density at radius 3 is 2.72 bits per heavy atom.